The average molecular weight is 222 g/mol. The molecule has 2 aliphatic rings. The molecule has 1 saturated carbocycles. The van der Waals surface area contributed by atoms with Gasteiger partial charge in [-0.3, -0.25) is 0 Å². The highest BCUT2D eigenvalue weighted by Crippen LogP contribution is 2.39. The molecule has 1 aliphatic heterocycles. The Morgan fingerprint density at radius 1 is 1.44 bits per heavy atom. The monoisotopic (exact) mass is 222 g/mol. The minimum absolute atomic E-state index is 0.343. The summed E-state index contributed by atoms with van der Waals surface area (Å²) in [6, 6.07) is 0.597. The number of hydrogen-bond donors (Lipinski definition) is 1. The lowest BCUT2D eigenvalue weighted by Crippen LogP contribution is -2.13. The zero-order valence-corrected chi connectivity index (χ0v) is 9.59. The van der Waals surface area contributed by atoms with Crippen LogP contribution < -0.4 is 5.73 Å². The highest BCUT2D eigenvalue weighted by Gasteiger charge is 2.34. The molecule has 1 saturated heterocycles. The number of nitrogens with zero attached hydrogens (tertiary/aromatic N) is 3. The van der Waals surface area contributed by atoms with Crippen LogP contribution >= 0.6 is 0 Å². The van der Waals surface area contributed by atoms with Gasteiger partial charge in [-0.25, -0.2) is 0 Å². The van der Waals surface area contributed by atoms with Crippen LogP contribution in [0.15, 0.2) is 0 Å². The van der Waals surface area contributed by atoms with E-state index in [9.17, 15) is 0 Å². The summed E-state index contributed by atoms with van der Waals surface area (Å²) in [4.78, 5) is 0. The number of hydrogen-bond acceptors (Lipinski definition) is 4. The van der Waals surface area contributed by atoms with Crippen LogP contribution in [0.5, 0.6) is 0 Å². The lowest BCUT2D eigenvalue weighted by Gasteiger charge is -2.11. The predicted octanol–water partition coefficient (Wildman–Crippen LogP) is 0.964. The van der Waals surface area contributed by atoms with Gasteiger partial charge in [0, 0.05) is 12.0 Å². The average Bonchev–Trinajstić information content (AvgIpc) is 2.88. The molecule has 0 radical (unpaired) electrons. The van der Waals surface area contributed by atoms with Gasteiger partial charge in [0.25, 0.3) is 0 Å². The van der Waals surface area contributed by atoms with Crippen LogP contribution in [-0.4, -0.2) is 27.5 Å². The fraction of sp³-hybridized carbons (Fsp3) is 0.818. The number of aromatic nitrogens is 3. The number of nitrogens with two attached hydrogens (primary N) is 1. The SMILES string of the molecule is CC1CC(c2nnc(CN)n2C2CC2)CO1. The minimum atomic E-state index is 0.343. The van der Waals surface area contributed by atoms with Crippen molar-refractivity contribution in [2.24, 2.45) is 5.73 Å². The molecule has 1 aromatic rings. The van der Waals surface area contributed by atoms with E-state index in [1.165, 1.54) is 12.8 Å². The highest BCUT2D eigenvalue weighted by atomic mass is 16.5. The second kappa shape index (κ2) is 3.82. The third kappa shape index (κ3) is 1.64. The maximum atomic E-state index is 5.70. The van der Waals surface area contributed by atoms with Crippen molar-refractivity contribution in [3.8, 4) is 0 Å². The molecular formula is C11H18N4O. The van der Waals surface area contributed by atoms with E-state index in [4.69, 9.17) is 10.5 Å². The maximum Gasteiger partial charge on any atom is 0.147 e. The van der Waals surface area contributed by atoms with E-state index in [0.717, 1.165) is 24.7 Å². The van der Waals surface area contributed by atoms with Crippen molar-refractivity contribution in [3.05, 3.63) is 11.6 Å². The van der Waals surface area contributed by atoms with Crippen LogP contribution in [0, 0.1) is 0 Å². The first-order valence-corrected chi connectivity index (χ1v) is 6.05. The fourth-order valence-corrected chi connectivity index (χ4v) is 2.48. The minimum Gasteiger partial charge on any atom is -0.378 e. The van der Waals surface area contributed by atoms with E-state index in [-0.39, 0.29) is 0 Å². The Hall–Kier alpha value is -0.940. The Bertz CT molecular complexity index is 385. The van der Waals surface area contributed by atoms with Gasteiger partial charge in [-0.2, -0.15) is 0 Å². The summed E-state index contributed by atoms with van der Waals surface area (Å²) < 4.78 is 7.86. The van der Waals surface area contributed by atoms with Crippen LogP contribution in [0.25, 0.3) is 0 Å². The molecule has 2 unspecified atom stereocenters. The van der Waals surface area contributed by atoms with E-state index < -0.39 is 0 Å². The molecule has 2 N–H and O–H groups in total. The number of rotatable bonds is 3. The largest absolute Gasteiger partial charge is 0.378 e. The van der Waals surface area contributed by atoms with Crippen LogP contribution in [-0.2, 0) is 11.3 Å². The molecule has 1 aliphatic carbocycles. The molecule has 0 bridgehead atoms. The Morgan fingerprint density at radius 3 is 2.81 bits per heavy atom. The quantitative estimate of drug-likeness (QED) is 0.827. The molecule has 0 spiro atoms. The third-order valence-electron chi connectivity index (χ3n) is 3.45. The van der Waals surface area contributed by atoms with Crippen molar-refractivity contribution in [3.63, 3.8) is 0 Å². The first kappa shape index (κ1) is 10.2. The summed E-state index contributed by atoms with van der Waals surface area (Å²) in [7, 11) is 0. The van der Waals surface area contributed by atoms with Gasteiger partial charge in [0.05, 0.1) is 19.3 Å². The van der Waals surface area contributed by atoms with Crippen LogP contribution in [0.2, 0.25) is 0 Å². The Morgan fingerprint density at radius 2 is 2.25 bits per heavy atom. The summed E-state index contributed by atoms with van der Waals surface area (Å²) in [5.41, 5.74) is 5.70. The molecule has 2 fully saturated rings. The summed E-state index contributed by atoms with van der Waals surface area (Å²) in [5.74, 6) is 2.42. The van der Waals surface area contributed by atoms with Crippen molar-refractivity contribution in [1.82, 2.24) is 14.8 Å². The van der Waals surface area contributed by atoms with E-state index >= 15 is 0 Å². The zero-order valence-electron chi connectivity index (χ0n) is 9.59. The summed E-state index contributed by atoms with van der Waals surface area (Å²) >= 11 is 0. The van der Waals surface area contributed by atoms with Crippen molar-refractivity contribution >= 4 is 0 Å². The van der Waals surface area contributed by atoms with Gasteiger partial charge < -0.3 is 15.0 Å². The van der Waals surface area contributed by atoms with Crippen molar-refractivity contribution in [2.75, 3.05) is 6.61 Å². The Labute approximate surface area is 95.0 Å². The predicted molar refractivity (Wildman–Crippen MR) is 59.0 cm³/mol. The van der Waals surface area contributed by atoms with Crippen molar-refractivity contribution in [1.29, 1.82) is 0 Å². The Balaban J connectivity index is 1.91. The molecule has 0 aromatic carbocycles. The molecule has 2 atom stereocenters. The van der Waals surface area contributed by atoms with Crippen molar-refractivity contribution in [2.45, 2.75) is 50.8 Å². The lowest BCUT2D eigenvalue weighted by molar-refractivity contribution is 0.123. The van der Waals surface area contributed by atoms with E-state index in [2.05, 4.69) is 21.7 Å². The van der Waals surface area contributed by atoms with Gasteiger partial charge in [0.15, 0.2) is 0 Å². The maximum absolute atomic E-state index is 5.70. The van der Waals surface area contributed by atoms with Gasteiger partial charge in [0.1, 0.15) is 11.6 Å². The zero-order chi connectivity index (χ0) is 11.1. The molecule has 0 amide bonds. The van der Waals surface area contributed by atoms with E-state index in [0.29, 0.717) is 24.6 Å². The van der Waals surface area contributed by atoms with E-state index in [1.54, 1.807) is 0 Å². The van der Waals surface area contributed by atoms with Crippen LogP contribution in [0.4, 0.5) is 0 Å². The van der Waals surface area contributed by atoms with Gasteiger partial charge in [-0.1, -0.05) is 0 Å². The lowest BCUT2D eigenvalue weighted by atomic mass is 10.1. The Kier molecular flexibility index (Phi) is 2.44. The molecule has 2 heterocycles. The van der Waals surface area contributed by atoms with Gasteiger partial charge in [-0.05, 0) is 26.2 Å². The first-order chi connectivity index (χ1) is 7.79. The topological polar surface area (TPSA) is 66.0 Å². The second-order valence-electron chi connectivity index (χ2n) is 4.86. The van der Waals surface area contributed by atoms with Gasteiger partial charge >= 0.3 is 0 Å². The smallest absolute Gasteiger partial charge is 0.147 e. The van der Waals surface area contributed by atoms with Crippen LogP contribution in [0.3, 0.4) is 0 Å². The van der Waals surface area contributed by atoms with Gasteiger partial charge in [-0.15, -0.1) is 10.2 Å². The third-order valence-corrected chi connectivity index (χ3v) is 3.45. The molecule has 5 heteroatoms. The molecule has 88 valence electrons. The van der Waals surface area contributed by atoms with Crippen LogP contribution in [0.1, 0.15) is 49.8 Å². The van der Waals surface area contributed by atoms with Crippen molar-refractivity contribution < 1.29 is 4.74 Å². The standard InChI is InChI=1S/C11H18N4O/c1-7-4-8(6-16-7)11-14-13-10(5-12)15(11)9-2-3-9/h7-9H,2-6,12H2,1H3. The molecule has 16 heavy (non-hydrogen) atoms. The molecule has 3 rings (SSSR count). The summed E-state index contributed by atoms with van der Waals surface area (Å²) in [6.45, 7) is 3.37. The molecule has 5 nitrogen and oxygen atoms in total. The normalized spacial score (nSPS) is 29.9. The fourth-order valence-electron chi connectivity index (χ4n) is 2.48. The highest BCUT2D eigenvalue weighted by molar-refractivity contribution is 5.09. The van der Waals surface area contributed by atoms with E-state index in [1.807, 2.05) is 0 Å². The van der Waals surface area contributed by atoms with Gasteiger partial charge in [0.2, 0.25) is 0 Å². The number of ether oxygens (including phenoxy) is 1. The second-order valence-corrected chi connectivity index (χ2v) is 4.86. The summed E-state index contributed by atoms with van der Waals surface area (Å²) in [5, 5.41) is 8.52. The first-order valence-electron chi connectivity index (χ1n) is 6.05. The molecule has 1 aromatic heterocycles. The summed E-state index contributed by atoms with van der Waals surface area (Å²) in [6.07, 6.45) is 3.87. The molecular weight excluding hydrogens is 204 g/mol.